The second-order valence-corrected chi connectivity index (χ2v) is 4.03. The third kappa shape index (κ3) is 2.03. The summed E-state index contributed by atoms with van der Waals surface area (Å²) in [6.07, 6.45) is 1.71. The molecule has 0 radical (unpaired) electrons. The van der Waals surface area contributed by atoms with Crippen molar-refractivity contribution in [2.45, 2.75) is 19.8 Å². The van der Waals surface area contributed by atoms with Crippen molar-refractivity contribution in [2.24, 2.45) is 5.92 Å². The van der Waals surface area contributed by atoms with Crippen LogP contribution in [0.2, 0.25) is 0 Å². The fourth-order valence-electron chi connectivity index (χ4n) is 1.99. The summed E-state index contributed by atoms with van der Waals surface area (Å²) in [7, 11) is 1.42. The van der Waals surface area contributed by atoms with Crippen LogP contribution in [0.4, 0.5) is 0 Å². The summed E-state index contributed by atoms with van der Waals surface area (Å²) >= 11 is 0. The Labute approximate surface area is 95.4 Å². The van der Waals surface area contributed by atoms with Crippen molar-refractivity contribution in [3.8, 4) is 5.75 Å². The normalized spacial score (nSPS) is 18.5. The summed E-state index contributed by atoms with van der Waals surface area (Å²) in [4.78, 5) is 11.4. The first-order valence-corrected chi connectivity index (χ1v) is 5.57. The lowest BCUT2D eigenvalue weighted by atomic mass is 9.95. The zero-order valence-corrected chi connectivity index (χ0v) is 9.66. The lowest BCUT2D eigenvalue weighted by molar-refractivity contribution is -0.146. The molecule has 0 spiro atoms. The van der Waals surface area contributed by atoms with Crippen LogP contribution in [0.25, 0.3) is 0 Å². The Morgan fingerprint density at radius 3 is 3.06 bits per heavy atom. The molecule has 0 aliphatic carbocycles. The first-order chi connectivity index (χ1) is 7.74. The van der Waals surface area contributed by atoms with Gasteiger partial charge in [-0.1, -0.05) is 19.1 Å². The van der Waals surface area contributed by atoms with Gasteiger partial charge in [0, 0.05) is 0 Å². The largest absolute Gasteiger partial charge is 0.492 e. The lowest BCUT2D eigenvalue weighted by Gasteiger charge is -2.23. The topological polar surface area (TPSA) is 35.5 Å². The molecule has 0 fully saturated rings. The molecule has 0 saturated carbocycles. The molecule has 0 aromatic heterocycles. The number of fused-ring (bicyclic) bond motifs is 1. The van der Waals surface area contributed by atoms with E-state index in [0.29, 0.717) is 6.61 Å². The number of rotatable bonds is 2. The Bertz CT molecular complexity index is 398. The van der Waals surface area contributed by atoms with E-state index in [-0.39, 0.29) is 11.9 Å². The molecule has 86 valence electrons. The summed E-state index contributed by atoms with van der Waals surface area (Å²) in [6.45, 7) is 2.54. The number of carbonyl (C=O) groups is 1. The number of benzene rings is 1. The Morgan fingerprint density at radius 2 is 2.38 bits per heavy atom. The van der Waals surface area contributed by atoms with E-state index in [9.17, 15) is 4.79 Å². The summed E-state index contributed by atoms with van der Waals surface area (Å²) in [5.41, 5.74) is 2.38. The Balaban J connectivity index is 2.21. The van der Waals surface area contributed by atoms with Gasteiger partial charge in [0.05, 0.1) is 13.0 Å². The molecule has 16 heavy (non-hydrogen) atoms. The van der Waals surface area contributed by atoms with Crippen LogP contribution in [-0.4, -0.2) is 19.7 Å². The SMILES string of the molecule is CCc1ccc2c(c1)CC(C(=O)OC)CO2. The molecule has 0 amide bonds. The number of aryl methyl sites for hydroxylation is 1. The molecule has 0 N–H and O–H groups in total. The van der Waals surface area contributed by atoms with Crippen molar-refractivity contribution >= 4 is 5.97 Å². The van der Waals surface area contributed by atoms with Crippen molar-refractivity contribution in [3.63, 3.8) is 0 Å². The number of methoxy groups -OCH3 is 1. The van der Waals surface area contributed by atoms with Crippen LogP contribution in [0, 0.1) is 5.92 Å². The molecule has 0 saturated heterocycles. The maximum Gasteiger partial charge on any atom is 0.312 e. The van der Waals surface area contributed by atoms with Crippen LogP contribution in [0.1, 0.15) is 18.1 Å². The highest BCUT2D eigenvalue weighted by Gasteiger charge is 2.26. The molecule has 1 aliphatic rings. The van der Waals surface area contributed by atoms with E-state index in [1.54, 1.807) is 0 Å². The van der Waals surface area contributed by atoms with E-state index in [0.717, 1.165) is 24.2 Å². The average molecular weight is 220 g/mol. The zero-order chi connectivity index (χ0) is 11.5. The number of ether oxygens (including phenoxy) is 2. The minimum Gasteiger partial charge on any atom is -0.492 e. The molecular formula is C13H16O3. The van der Waals surface area contributed by atoms with Crippen LogP contribution in [-0.2, 0) is 22.4 Å². The summed E-state index contributed by atoms with van der Waals surface area (Å²) < 4.78 is 10.3. The smallest absolute Gasteiger partial charge is 0.312 e. The van der Waals surface area contributed by atoms with Gasteiger partial charge in [0.1, 0.15) is 12.4 Å². The van der Waals surface area contributed by atoms with Crippen molar-refractivity contribution in [2.75, 3.05) is 13.7 Å². The van der Waals surface area contributed by atoms with Gasteiger partial charge in [-0.05, 0) is 30.0 Å². The molecule has 3 nitrogen and oxygen atoms in total. The molecule has 1 heterocycles. The van der Waals surface area contributed by atoms with E-state index in [4.69, 9.17) is 9.47 Å². The third-order valence-electron chi connectivity index (χ3n) is 2.97. The van der Waals surface area contributed by atoms with Crippen LogP contribution in [0.5, 0.6) is 5.75 Å². The summed E-state index contributed by atoms with van der Waals surface area (Å²) in [6, 6.07) is 6.17. The molecule has 3 heteroatoms. The van der Waals surface area contributed by atoms with Gasteiger partial charge >= 0.3 is 5.97 Å². The minimum atomic E-state index is -0.187. The number of esters is 1. The van der Waals surface area contributed by atoms with Crippen molar-refractivity contribution in [1.29, 1.82) is 0 Å². The van der Waals surface area contributed by atoms with E-state index >= 15 is 0 Å². The number of carbonyl (C=O) groups excluding carboxylic acids is 1. The van der Waals surface area contributed by atoms with Gasteiger partial charge in [-0.15, -0.1) is 0 Å². The molecule has 2 rings (SSSR count). The maximum atomic E-state index is 11.4. The van der Waals surface area contributed by atoms with Crippen LogP contribution in [0.3, 0.4) is 0 Å². The van der Waals surface area contributed by atoms with Crippen LogP contribution < -0.4 is 4.74 Å². The van der Waals surface area contributed by atoms with Gasteiger partial charge in [0.2, 0.25) is 0 Å². The Kier molecular flexibility index (Phi) is 3.13. The molecule has 0 bridgehead atoms. The third-order valence-corrected chi connectivity index (χ3v) is 2.97. The first kappa shape index (κ1) is 11.0. The number of hydrogen-bond acceptors (Lipinski definition) is 3. The summed E-state index contributed by atoms with van der Waals surface area (Å²) in [5, 5.41) is 0. The van der Waals surface area contributed by atoms with E-state index in [1.807, 2.05) is 6.07 Å². The predicted molar refractivity (Wildman–Crippen MR) is 60.5 cm³/mol. The van der Waals surface area contributed by atoms with Crippen LogP contribution in [0.15, 0.2) is 18.2 Å². The maximum absolute atomic E-state index is 11.4. The minimum absolute atomic E-state index is 0.162. The molecular weight excluding hydrogens is 204 g/mol. The van der Waals surface area contributed by atoms with Crippen molar-refractivity contribution < 1.29 is 14.3 Å². The molecule has 1 unspecified atom stereocenters. The Morgan fingerprint density at radius 1 is 1.56 bits per heavy atom. The highest BCUT2D eigenvalue weighted by Crippen LogP contribution is 2.28. The van der Waals surface area contributed by atoms with E-state index < -0.39 is 0 Å². The predicted octanol–water partition coefficient (Wildman–Crippen LogP) is 1.97. The van der Waals surface area contributed by atoms with Gasteiger partial charge in [-0.3, -0.25) is 4.79 Å². The second kappa shape index (κ2) is 4.56. The highest BCUT2D eigenvalue weighted by molar-refractivity contribution is 5.73. The van der Waals surface area contributed by atoms with Crippen molar-refractivity contribution in [3.05, 3.63) is 29.3 Å². The fourth-order valence-corrected chi connectivity index (χ4v) is 1.99. The van der Waals surface area contributed by atoms with Crippen molar-refractivity contribution in [1.82, 2.24) is 0 Å². The lowest BCUT2D eigenvalue weighted by Crippen LogP contribution is -2.29. The molecule has 1 aromatic rings. The van der Waals surface area contributed by atoms with Crippen LogP contribution >= 0.6 is 0 Å². The van der Waals surface area contributed by atoms with Gasteiger partial charge in [0.15, 0.2) is 0 Å². The molecule has 1 aromatic carbocycles. The zero-order valence-electron chi connectivity index (χ0n) is 9.66. The van der Waals surface area contributed by atoms with Gasteiger partial charge in [-0.25, -0.2) is 0 Å². The fraction of sp³-hybridized carbons (Fsp3) is 0.462. The average Bonchev–Trinajstić information content (AvgIpc) is 2.36. The number of hydrogen-bond donors (Lipinski definition) is 0. The van der Waals surface area contributed by atoms with Gasteiger partial charge < -0.3 is 9.47 Å². The Hall–Kier alpha value is -1.51. The highest BCUT2D eigenvalue weighted by atomic mass is 16.5. The monoisotopic (exact) mass is 220 g/mol. The quantitative estimate of drug-likeness (QED) is 0.715. The van der Waals surface area contributed by atoms with E-state index in [2.05, 4.69) is 19.1 Å². The molecule has 1 aliphatic heterocycles. The standard InChI is InChI=1S/C13H16O3/c1-3-9-4-5-12-10(6-9)7-11(8-16-12)13(14)15-2/h4-6,11H,3,7-8H2,1-2H3. The second-order valence-electron chi connectivity index (χ2n) is 4.03. The summed E-state index contributed by atoms with van der Waals surface area (Å²) in [5.74, 6) is 0.550. The van der Waals surface area contributed by atoms with E-state index in [1.165, 1.54) is 12.7 Å². The van der Waals surface area contributed by atoms with Gasteiger partial charge in [-0.2, -0.15) is 0 Å². The van der Waals surface area contributed by atoms with Gasteiger partial charge in [0.25, 0.3) is 0 Å². The first-order valence-electron chi connectivity index (χ1n) is 5.57. The molecule has 1 atom stereocenters.